The van der Waals surface area contributed by atoms with Crippen molar-refractivity contribution in [2.45, 2.75) is 6.54 Å². The highest BCUT2D eigenvalue weighted by atomic mass is 79.9. The van der Waals surface area contributed by atoms with Crippen LogP contribution >= 0.6 is 27.5 Å². The Morgan fingerprint density at radius 2 is 2.00 bits per heavy atom. The highest BCUT2D eigenvalue weighted by Crippen LogP contribution is 2.24. The average Bonchev–Trinajstić information content (AvgIpc) is 2.49. The van der Waals surface area contributed by atoms with Crippen LogP contribution in [-0.4, -0.2) is 13.2 Å². The number of ether oxygens (including phenoxy) is 1. The molecule has 0 bridgehead atoms. The van der Waals surface area contributed by atoms with E-state index in [0.717, 1.165) is 15.7 Å². The van der Waals surface area contributed by atoms with Crippen LogP contribution in [0.5, 0.6) is 0 Å². The lowest BCUT2D eigenvalue weighted by molar-refractivity contribution is 0.187. The van der Waals surface area contributed by atoms with Crippen LogP contribution in [0.2, 0.25) is 5.02 Å². The fourth-order valence-corrected chi connectivity index (χ4v) is 2.18. The zero-order valence-electron chi connectivity index (χ0n) is 11.3. The summed E-state index contributed by atoms with van der Waals surface area (Å²) in [6, 6.07) is 13.2. The van der Waals surface area contributed by atoms with Gasteiger partial charge >= 0.3 is 6.09 Å². The van der Waals surface area contributed by atoms with Crippen molar-refractivity contribution < 1.29 is 9.53 Å². The highest BCUT2D eigenvalue weighted by Gasteiger charge is 2.02. The largest absolute Gasteiger partial charge is 0.453 e. The van der Waals surface area contributed by atoms with E-state index in [4.69, 9.17) is 11.6 Å². The molecule has 0 radical (unpaired) electrons. The van der Waals surface area contributed by atoms with Crippen LogP contribution in [-0.2, 0) is 11.3 Å². The maximum absolute atomic E-state index is 11.2. The van der Waals surface area contributed by atoms with Gasteiger partial charge in [-0.25, -0.2) is 4.79 Å². The van der Waals surface area contributed by atoms with Gasteiger partial charge in [0.05, 0.1) is 12.1 Å². The molecule has 0 fully saturated rings. The molecule has 0 aliphatic carbocycles. The second kappa shape index (κ2) is 7.33. The van der Waals surface area contributed by atoms with Crippen molar-refractivity contribution in [3.63, 3.8) is 0 Å². The monoisotopic (exact) mass is 368 g/mol. The van der Waals surface area contributed by atoms with Crippen LogP contribution in [0.25, 0.3) is 0 Å². The van der Waals surface area contributed by atoms with E-state index in [-0.39, 0.29) is 0 Å². The maximum atomic E-state index is 11.2. The third-order valence-electron chi connectivity index (χ3n) is 2.78. The van der Waals surface area contributed by atoms with Crippen LogP contribution in [0, 0.1) is 0 Å². The minimum absolute atomic E-state index is 0.494. The van der Waals surface area contributed by atoms with Crippen molar-refractivity contribution in [1.29, 1.82) is 0 Å². The Kier molecular flexibility index (Phi) is 5.47. The molecule has 2 rings (SSSR count). The Morgan fingerprint density at radius 3 is 2.71 bits per heavy atom. The molecular formula is C15H14BrClN2O2. The molecule has 0 heterocycles. The number of anilines is 2. The van der Waals surface area contributed by atoms with Crippen LogP contribution in [0.4, 0.5) is 16.2 Å². The van der Waals surface area contributed by atoms with E-state index in [1.807, 2.05) is 36.4 Å². The van der Waals surface area contributed by atoms with E-state index in [9.17, 15) is 4.79 Å². The Hall–Kier alpha value is -1.72. The number of halogens is 2. The normalized spacial score (nSPS) is 10.0. The summed E-state index contributed by atoms with van der Waals surface area (Å²) in [7, 11) is 1.33. The molecular weight excluding hydrogens is 356 g/mol. The fourth-order valence-electron chi connectivity index (χ4n) is 1.73. The van der Waals surface area contributed by atoms with Gasteiger partial charge in [-0.2, -0.15) is 0 Å². The molecule has 110 valence electrons. The number of methoxy groups -OCH3 is 1. The lowest BCUT2D eigenvalue weighted by Crippen LogP contribution is -2.11. The van der Waals surface area contributed by atoms with Crippen molar-refractivity contribution >= 4 is 45.0 Å². The van der Waals surface area contributed by atoms with Crippen molar-refractivity contribution in [1.82, 2.24) is 0 Å². The molecule has 2 aromatic rings. The molecule has 0 unspecified atom stereocenters. The molecule has 0 spiro atoms. The summed E-state index contributed by atoms with van der Waals surface area (Å²) in [5.41, 5.74) is 2.62. The molecule has 0 aliphatic rings. The summed E-state index contributed by atoms with van der Waals surface area (Å²) in [5, 5.41) is 6.57. The fraction of sp³-hybridized carbons (Fsp3) is 0.133. The minimum atomic E-state index is -0.494. The molecule has 2 N–H and O–H groups in total. The molecule has 6 heteroatoms. The first-order valence-electron chi connectivity index (χ1n) is 6.21. The molecule has 0 aromatic heterocycles. The Balaban J connectivity index is 2.01. The van der Waals surface area contributed by atoms with Crippen molar-refractivity contribution in [3.8, 4) is 0 Å². The second-order valence-corrected chi connectivity index (χ2v) is 5.56. The van der Waals surface area contributed by atoms with Crippen molar-refractivity contribution in [2.75, 3.05) is 17.7 Å². The second-order valence-electron chi connectivity index (χ2n) is 4.30. The van der Waals surface area contributed by atoms with Gasteiger partial charge in [-0.3, -0.25) is 5.32 Å². The lowest BCUT2D eigenvalue weighted by Gasteiger charge is -2.10. The van der Waals surface area contributed by atoms with E-state index in [0.29, 0.717) is 17.3 Å². The van der Waals surface area contributed by atoms with Crippen molar-refractivity contribution in [3.05, 3.63) is 57.5 Å². The summed E-state index contributed by atoms with van der Waals surface area (Å²) in [6.07, 6.45) is -0.494. The van der Waals surface area contributed by atoms with Gasteiger partial charge in [-0.05, 0) is 51.8 Å². The van der Waals surface area contributed by atoms with Gasteiger partial charge in [0.2, 0.25) is 0 Å². The third-order valence-corrected chi connectivity index (χ3v) is 4.01. The van der Waals surface area contributed by atoms with E-state index >= 15 is 0 Å². The third kappa shape index (κ3) is 4.65. The van der Waals surface area contributed by atoms with E-state index < -0.39 is 6.09 Å². The topological polar surface area (TPSA) is 50.4 Å². The number of rotatable bonds is 4. The number of carbonyl (C=O) groups excluding carboxylic acids is 1. The quantitative estimate of drug-likeness (QED) is 0.806. The van der Waals surface area contributed by atoms with Gasteiger partial charge in [-0.15, -0.1) is 0 Å². The SMILES string of the molecule is COC(=O)Nc1cccc(NCc2ccc(Br)c(Cl)c2)c1. The predicted molar refractivity (Wildman–Crippen MR) is 88.9 cm³/mol. The average molecular weight is 370 g/mol. The van der Waals surface area contributed by atoms with Crippen LogP contribution in [0.1, 0.15) is 5.56 Å². The standard InChI is InChI=1S/C15H14BrClN2O2/c1-21-15(20)19-12-4-2-3-11(8-12)18-9-10-5-6-13(16)14(17)7-10/h2-8,18H,9H2,1H3,(H,19,20). The van der Waals surface area contributed by atoms with E-state index in [2.05, 4.69) is 31.3 Å². The lowest BCUT2D eigenvalue weighted by atomic mass is 10.2. The molecule has 21 heavy (non-hydrogen) atoms. The summed E-state index contributed by atoms with van der Waals surface area (Å²) >= 11 is 9.42. The number of benzene rings is 2. The van der Waals surface area contributed by atoms with Gasteiger partial charge in [0, 0.05) is 22.4 Å². The van der Waals surface area contributed by atoms with Gasteiger partial charge in [-0.1, -0.05) is 23.7 Å². The Labute approximate surface area is 136 Å². The zero-order chi connectivity index (χ0) is 15.2. The molecule has 0 saturated carbocycles. The van der Waals surface area contributed by atoms with Gasteiger partial charge in [0.1, 0.15) is 0 Å². The van der Waals surface area contributed by atoms with E-state index in [1.165, 1.54) is 7.11 Å². The first kappa shape index (κ1) is 15.7. The number of carbonyl (C=O) groups is 1. The number of hydrogen-bond donors (Lipinski definition) is 2. The Morgan fingerprint density at radius 1 is 1.24 bits per heavy atom. The molecule has 0 aliphatic heterocycles. The summed E-state index contributed by atoms with van der Waals surface area (Å²) in [4.78, 5) is 11.2. The number of hydrogen-bond acceptors (Lipinski definition) is 3. The zero-order valence-corrected chi connectivity index (χ0v) is 13.7. The number of amides is 1. The van der Waals surface area contributed by atoms with Crippen molar-refractivity contribution in [2.24, 2.45) is 0 Å². The molecule has 4 nitrogen and oxygen atoms in total. The van der Waals surface area contributed by atoms with Gasteiger partial charge in [0.25, 0.3) is 0 Å². The smallest absolute Gasteiger partial charge is 0.411 e. The maximum Gasteiger partial charge on any atom is 0.411 e. The number of nitrogens with one attached hydrogen (secondary N) is 2. The minimum Gasteiger partial charge on any atom is -0.453 e. The highest BCUT2D eigenvalue weighted by molar-refractivity contribution is 9.10. The molecule has 2 aromatic carbocycles. The Bertz CT molecular complexity index is 649. The first-order valence-corrected chi connectivity index (χ1v) is 7.38. The summed E-state index contributed by atoms with van der Waals surface area (Å²) < 4.78 is 5.43. The van der Waals surface area contributed by atoms with Crippen LogP contribution < -0.4 is 10.6 Å². The summed E-state index contributed by atoms with van der Waals surface area (Å²) in [5.74, 6) is 0. The van der Waals surface area contributed by atoms with Crippen LogP contribution in [0.3, 0.4) is 0 Å². The van der Waals surface area contributed by atoms with E-state index in [1.54, 1.807) is 6.07 Å². The molecule has 0 atom stereocenters. The first-order chi connectivity index (χ1) is 10.1. The van der Waals surface area contributed by atoms with Gasteiger partial charge in [0.15, 0.2) is 0 Å². The molecule has 1 amide bonds. The predicted octanol–water partition coefficient (Wildman–Crippen LogP) is 4.89. The molecule has 0 saturated heterocycles. The van der Waals surface area contributed by atoms with Gasteiger partial charge < -0.3 is 10.1 Å². The van der Waals surface area contributed by atoms with Crippen LogP contribution in [0.15, 0.2) is 46.9 Å². The summed E-state index contributed by atoms with van der Waals surface area (Å²) in [6.45, 7) is 0.634.